The number of benzene rings is 2. The number of halogens is 2. The van der Waals surface area contributed by atoms with Gasteiger partial charge in [0.2, 0.25) is 0 Å². The van der Waals surface area contributed by atoms with Gasteiger partial charge in [0.1, 0.15) is 0 Å². The molecule has 1 aliphatic carbocycles. The maximum Gasteiger partial charge on any atom is 0.0554 e. The maximum atomic E-state index is 6.34. The number of allylic oxidation sites excluding steroid dienone is 2. The molecule has 1 aliphatic heterocycles. The third kappa shape index (κ3) is 2.21. The van der Waals surface area contributed by atoms with Crippen LogP contribution in [0.15, 0.2) is 53.0 Å². The van der Waals surface area contributed by atoms with Crippen LogP contribution in [0.2, 0.25) is 5.02 Å². The lowest BCUT2D eigenvalue weighted by atomic mass is 9.76. The Balaban J connectivity index is 1.84. The molecule has 2 aromatic carbocycles. The number of rotatable bonds is 1. The van der Waals surface area contributed by atoms with E-state index in [2.05, 4.69) is 70.7 Å². The van der Waals surface area contributed by atoms with Gasteiger partial charge in [-0.15, -0.1) is 0 Å². The summed E-state index contributed by atoms with van der Waals surface area (Å²) in [7, 11) is 0. The summed E-state index contributed by atoms with van der Waals surface area (Å²) < 4.78 is 1.13. The van der Waals surface area contributed by atoms with E-state index in [4.69, 9.17) is 11.6 Å². The number of hydrogen-bond donors (Lipinski definition) is 1. The fourth-order valence-corrected chi connectivity index (χ4v) is 4.39. The summed E-state index contributed by atoms with van der Waals surface area (Å²) in [6.07, 6.45) is 5.81. The van der Waals surface area contributed by atoms with Crippen LogP contribution in [-0.2, 0) is 0 Å². The zero-order valence-electron chi connectivity index (χ0n) is 12.3. The molecule has 0 saturated heterocycles. The van der Waals surface area contributed by atoms with Crippen molar-refractivity contribution in [1.29, 1.82) is 0 Å². The summed E-state index contributed by atoms with van der Waals surface area (Å²) in [4.78, 5) is 0. The van der Waals surface area contributed by atoms with Gasteiger partial charge >= 0.3 is 0 Å². The largest absolute Gasteiger partial charge is 0.377 e. The summed E-state index contributed by atoms with van der Waals surface area (Å²) >= 11 is 9.94. The maximum absolute atomic E-state index is 6.34. The second-order valence-corrected chi connectivity index (χ2v) is 7.49. The first-order valence-corrected chi connectivity index (χ1v) is 8.80. The van der Waals surface area contributed by atoms with Crippen molar-refractivity contribution in [3.8, 4) is 0 Å². The Morgan fingerprint density at radius 1 is 1.23 bits per heavy atom. The van der Waals surface area contributed by atoms with E-state index in [9.17, 15) is 0 Å². The van der Waals surface area contributed by atoms with Crippen molar-refractivity contribution in [3.63, 3.8) is 0 Å². The Morgan fingerprint density at radius 3 is 2.91 bits per heavy atom. The van der Waals surface area contributed by atoms with E-state index in [0.717, 1.165) is 21.5 Å². The Hall–Kier alpha value is -1.25. The lowest BCUT2D eigenvalue weighted by Crippen LogP contribution is -2.29. The predicted molar refractivity (Wildman–Crippen MR) is 96.7 cm³/mol. The highest BCUT2D eigenvalue weighted by atomic mass is 79.9. The summed E-state index contributed by atoms with van der Waals surface area (Å²) in [5.41, 5.74) is 5.08. The minimum atomic E-state index is 0.321. The quantitative estimate of drug-likeness (QED) is 0.583. The highest BCUT2D eigenvalue weighted by Gasteiger charge is 2.38. The lowest BCUT2D eigenvalue weighted by molar-refractivity contribution is 0.425. The number of hydrogen-bond acceptors (Lipinski definition) is 1. The average Bonchev–Trinajstić information content (AvgIpc) is 3.00. The summed E-state index contributed by atoms with van der Waals surface area (Å²) in [6, 6.07) is 13.1. The van der Waals surface area contributed by atoms with E-state index in [-0.39, 0.29) is 0 Å². The standard InChI is InChI=1S/C19H17BrClN/c1-11-17(21)9-8-16-14-6-3-7-15(14)19(22-18(11)16)12-4-2-5-13(20)10-12/h2-6,8-10,14-15,19,22H,7H2,1H3/t14-,15+,19+/m0/s1. The number of fused-ring (bicyclic) bond motifs is 3. The minimum Gasteiger partial charge on any atom is -0.377 e. The van der Waals surface area contributed by atoms with E-state index in [1.54, 1.807) is 0 Å². The Kier molecular flexibility index (Phi) is 3.54. The van der Waals surface area contributed by atoms with Crippen LogP contribution < -0.4 is 5.32 Å². The highest BCUT2D eigenvalue weighted by Crippen LogP contribution is 2.51. The third-order valence-electron chi connectivity index (χ3n) is 4.94. The van der Waals surface area contributed by atoms with E-state index >= 15 is 0 Å². The highest BCUT2D eigenvalue weighted by molar-refractivity contribution is 9.10. The third-order valence-corrected chi connectivity index (χ3v) is 5.84. The molecule has 0 unspecified atom stereocenters. The molecular formula is C19H17BrClN. The molecule has 4 rings (SSSR count). The molecule has 112 valence electrons. The summed E-state index contributed by atoms with van der Waals surface area (Å²) in [5, 5.41) is 4.61. The van der Waals surface area contributed by atoms with Crippen molar-refractivity contribution in [3.05, 3.63) is 74.7 Å². The second kappa shape index (κ2) is 5.43. The van der Waals surface area contributed by atoms with Gasteiger partial charge in [0, 0.05) is 21.1 Å². The normalized spacial score (nSPS) is 25.5. The summed E-state index contributed by atoms with van der Waals surface area (Å²) in [6.45, 7) is 2.10. The van der Waals surface area contributed by atoms with Crippen LogP contribution in [0.3, 0.4) is 0 Å². The van der Waals surface area contributed by atoms with E-state index < -0.39 is 0 Å². The van der Waals surface area contributed by atoms with Gasteiger partial charge in [-0.2, -0.15) is 0 Å². The Bertz CT molecular complexity index is 768. The van der Waals surface area contributed by atoms with Crippen molar-refractivity contribution in [2.45, 2.75) is 25.3 Å². The fourth-order valence-electron chi connectivity index (χ4n) is 3.82. The monoisotopic (exact) mass is 373 g/mol. The Labute approximate surface area is 144 Å². The van der Waals surface area contributed by atoms with Crippen LogP contribution in [0.1, 0.15) is 35.1 Å². The van der Waals surface area contributed by atoms with Crippen LogP contribution in [0, 0.1) is 12.8 Å². The van der Waals surface area contributed by atoms with E-state index in [1.165, 1.54) is 16.8 Å². The first-order chi connectivity index (χ1) is 10.6. The average molecular weight is 375 g/mol. The van der Waals surface area contributed by atoms with E-state index in [0.29, 0.717) is 17.9 Å². The molecule has 0 radical (unpaired) electrons. The van der Waals surface area contributed by atoms with Crippen LogP contribution in [-0.4, -0.2) is 0 Å². The van der Waals surface area contributed by atoms with Crippen LogP contribution in [0.25, 0.3) is 0 Å². The van der Waals surface area contributed by atoms with Gasteiger partial charge in [-0.25, -0.2) is 0 Å². The second-order valence-electron chi connectivity index (χ2n) is 6.17. The molecule has 3 heteroatoms. The summed E-state index contributed by atoms with van der Waals surface area (Å²) in [5.74, 6) is 1.05. The first-order valence-electron chi connectivity index (χ1n) is 7.63. The number of anilines is 1. The topological polar surface area (TPSA) is 12.0 Å². The molecular weight excluding hydrogens is 358 g/mol. The van der Waals surface area contributed by atoms with Crippen molar-refractivity contribution in [2.24, 2.45) is 5.92 Å². The molecule has 0 amide bonds. The zero-order chi connectivity index (χ0) is 15.3. The van der Waals surface area contributed by atoms with Crippen molar-refractivity contribution >= 4 is 33.2 Å². The SMILES string of the molecule is Cc1c(Cl)ccc2c1N[C@H](c1cccc(Br)c1)[C@@H]1CC=C[C@H]21. The zero-order valence-corrected chi connectivity index (χ0v) is 14.7. The molecule has 3 atom stereocenters. The van der Waals surface area contributed by atoms with Crippen LogP contribution >= 0.6 is 27.5 Å². The first kappa shape index (κ1) is 14.3. The van der Waals surface area contributed by atoms with Crippen molar-refractivity contribution in [1.82, 2.24) is 0 Å². The van der Waals surface area contributed by atoms with Gasteiger partial charge in [-0.3, -0.25) is 0 Å². The molecule has 0 fully saturated rings. The smallest absolute Gasteiger partial charge is 0.0554 e. The van der Waals surface area contributed by atoms with Crippen molar-refractivity contribution in [2.75, 3.05) is 5.32 Å². The van der Waals surface area contributed by atoms with Crippen LogP contribution in [0.4, 0.5) is 5.69 Å². The predicted octanol–water partition coefficient (Wildman–Crippen LogP) is 6.24. The van der Waals surface area contributed by atoms with Gasteiger partial charge in [0.15, 0.2) is 0 Å². The molecule has 0 bridgehead atoms. The molecule has 1 N–H and O–H groups in total. The fraction of sp³-hybridized carbons (Fsp3) is 0.263. The molecule has 1 nitrogen and oxygen atoms in total. The van der Waals surface area contributed by atoms with Gasteiger partial charge in [0.25, 0.3) is 0 Å². The van der Waals surface area contributed by atoms with Gasteiger partial charge < -0.3 is 5.32 Å². The number of nitrogens with one attached hydrogen (secondary N) is 1. The van der Waals surface area contributed by atoms with E-state index in [1.807, 2.05) is 6.07 Å². The Morgan fingerprint density at radius 2 is 2.09 bits per heavy atom. The molecule has 1 heterocycles. The van der Waals surface area contributed by atoms with Gasteiger partial charge in [0.05, 0.1) is 6.04 Å². The lowest BCUT2D eigenvalue weighted by Gasteiger charge is -2.38. The van der Waals surface area contributed by atoms with Gasteiger partial charge in [-0.1, -0.05) is 57.9 Å². The van der Waals surface area contributed by atoms with Crippen molar-refractivity contribution < 1.29 is 0 Å². The molecule has 0 saturated carbocycles. The molecule has 2 aromatic rings. The van der Waals surface area contributed by atoms with Crippen LogP contribution in [0.5, 0.6) is 0 Å². The van der Waals surface area contributed by atoms with Gasteiger partial charge in [-0.05, 0) is 54.2 Å². The molecule has 0 aromatic heterocycles. The molecule has 2 aliphatic rings. The molecule has 0 spiro atoms. The molecule has 22 heavy (non-hydrogen) atoms. The minimum absolute atomic E-state index is 0.321.